The molecule has 3 aromatic rings. The van der Waals surface area contributed by atoms with Crippen LogP contribution in [0, 0.1) is 0 Å². The van der Waals surface area contributed by atoms with Gasteiger partial charge >= 0.3 is 0 Å². The predicted molar refractivity (Wildman–Crippen MR) is 112 cm³/mol. The maximum atomic E-state index is 12.1. The third-order valence-electron chi connectivity index (χ3n) is 4.67. The SMILES string of the molecule is O=C(CN1CC[C@H](O)C1)Nc1ccc(Nc2ncc(-c3ccc(Cl)cc3)o2)cc1. The van der Waals surface area contributed by atoms with E-state index in [0.29, 0.717) is 35.5 Å². The summed E-state index contributed by atoms with van der Waals surface area (Å²) in [6.45, 7) is 1.57. The van der Waals surface area contributed by atoms with Gasteiger partial charge in [0, 0.05) is 35.1 Å². The fraction of sp³-hybridized carbons (Fsp3) is 0.238. The molecule has 1 atom stereocenters. The van der Waals surface area contributed by atoms with Crippen molar-refractivity contribution < 1.29 is 14.3 Å². The second kappa shape index (κ2) is 8.65. The van der Waals surface area contributed by atoms with Crippen molar-refractivity contribution in [3.63, 3.8) is 0 Å². The van der Waals surface area contributed by atoms with Crippen LogP contribution in [0.4, 0.5) is 17.4 Å². The van der Waals surface area contributed by atoms with Gasteiger partial charge in [0.25, 0.3) is 6.01 Å². The van der Waals surface area contributed by atoms with Crippen molar-refractivity contribution in [2.24, 2.45) is 0 Å². The first kappa shape index (κ1) is 19.4. The van der Waals surface area contributed by atoms with Crippen LogP contribution < -0.4 is 10.6 Å². The monoisotopic (exact) mass is 412 g/mol. The molecule has 3 N–H and O–H groups in total. The lowest BCUT2D eigenvalue weighted by Gasteiger charge is -2.14. The smallest absolute Gasteiger partial charge is 0.299 e. The van der Waals surface area contributed by atoms with Gasteiger partial charge in [-0.2, -0.15) is 0 Å². The molecule has 0 aliphatic carbocycles. The van der Waals surface area contributed by atoms with Crippen LogP contribution in [0.25, 0.3) is 11.3 Å². The largest absolute Gasteiger partial charge is 0.423 e. The van der Waals surface area contributed by atoms with Crippen molar-refractivity contribution >= 4 is 34.9 Å². The van der Waals surface area contributed by atoms with E-state index in [1.54, 1.807) is 18.3 Å². The second-order valence-corrected chi connectivity index (χ2v) is 7.40. The molecular weight excluding hydrogens is 392 g/mol. The summed E-state index contributed by atoms with van der Waals surface area (Å²) in [5.41, 5.74) is 2.38. The van der Waals surface area contributed by atoms with E-state index in [0.717, 1.165) is 17.8 Å². The number of carbonyl (C=O) groups is 1. The van der Waals surface area contributed by atoms with E-state index >= 15 is 0 Å². The quantitative estimate of drug-likeness (QED) is 0.571. The maximum Gasteiger partial charge on any atom is 0.299 e. The number of β-amino-alcohol motifs (C(OH)–C–C–N with tert-alkyl or cyclic N) is 1. The summed E-state index contributed by atoms with van der Waals surface area (Å²) in [7, 11) is 0. The van der Waals surface area contributed by atoms with Crippen molar-refractivity contribution in [1.82, 2.24) is 9.88 Å². The Labute approximate surface area is 173 Å². The lowest BCUT2D eigenvalue weighted by molar-refractivity contribution is -0.117. The number of aromatic nitrogens is 1. The number of carbonyl (C=O) groups excluding carboxylic acids is 1. The number of halogens is 1. The lowest BCUT2D eigenvalue weighted by Crippen LogP contribution is -2.32. The lowest BCUT2D eigenvalue weighted by atomic mass is 10.2. The Morgan fingerprint density at radius 1 is 1.17 bits per heavy atom. The molecule has 0 radical (unpaired) electrons. The Morgan fingerprint density at radius 3 is 2.59 bits per heavy atom. The number of aliphatic hydroxyl groups excluding tert-OH is 1. The number of hydrogen-bond acceptors (Lipinski definition) is 6. The van der Waals surface area contributed by atoms with Crippen molar-refractivity contribution in [1.29, 1.82) is 0 Å². The van der Waals surface area contributed by atoms with E-state index in [-0.39, 0.29) is 18.6 Å². The molecule has 4 rings (SSSR count). The maximum absolute atomic E-state index is 12.1. The van der Waals surface area contributed by atoms with Gasteiger partial charge < -0.3 is 20.2 Å². The minimum Gasteiger partial charge on any atom is -0.423 e. The number of nitrogens with one attached hydrogen (secondary N) is 2. The highest BCUT2D eigenvalue weighted by Crippen LogP contribution is 2.26. The van der Waals surface area contributed by atoms with E-state index < -0.39 is 0 Å². The molecule has 1 aliphatic rings. The molecular formula is C21H21ClN4O3. The average Bonchev–Trinajstić information content (AvgIpc) is 3.33. The molecule has 1 amide bonds. The topological polar surface area (TPSA) is 90.6 Å². The Bertz CT molecular complexity index is 972. The highest BCUT2D eigenvalue weighted by molar-refractivity contribution is 6.30. The molecule has 1 aliphatic heterocycles. The third kappa shape index (κ3) is 5.14. The number of nitrogens with zero attached hydrogens (tertiary/aromatic N) is 2. The molecule has 29 heavy (non-hydrogen) atoms. The number of likely N-dealkylation sites (tertiary alicyclic amines) is 1. The van der Waals surface area contributed by atoms with Gasteiger partial charge in [-0.25, -0.2) is 4.98 Å². The zero-order valence-electron chi connectivity index (χ0n) is 15.6. The van der Waals surface area contributed by atoms with Gasteiger partial charge in [0.15, 0.2) is 5.76 Å². The van der Waals surface area contributed by atoms with Crippen LogP contribution >= 0.6 is 11.6 Å². The van der Waals surface area contributed by atoms with Crippen LogP contribution in [0.5, 0.6) is 0 Å². The van der Waals surface area contributed by atoms with E-state index in [1.165, 1.54) is 0 Å². The number of rotatable bonds is 6. The summed E-state index contributed by atoms with van der Waals surface area (Å²) in [5, 5.41) is 16.2. The molecule has 0 saturated carbocycles. The van der Waals surface area contributed by atoms with Crippen molar-refractivity contribution in [3.8, 4) is 11.3 Å². The number of amides is 1. The molecule has 0 unspecified atom stereocenters. The zero-order chi connectivity index (χ0) is 20.2. The molecule has 0 bridgehead atoms. The van der Waals surface area contributed by atoms with Crippen LogP contribution in [-0.4, -0.2) is 46.6 Å². The Balaban J connectivity index is 1.32. The van der Waals surface area contributed by atoms with Crippen molar-refractivity contribution in [2.45, 2.75) is 12.5 Å². The van der Waals surface area contributed by atoms with E-state index in [4.69, 9.17) is 16.0 Å². The van der Waals surface area contributed by atoms with Gasteiger partial charge in [-0.1, -0.05) is 11.6 Å². The van der Waals surface area contributed by atoms with Crippen molar-refractivity contribution in [2.75, 3.05) is 30.3 Å². The molecule has 1 aromatic heterocycles. The highest BCUT2D eigenvalue weighted by atomic mass is 35.5. The molecule has 1 fully saturated rings. The summed E-state index contributed by atoms with van der Waals surface area (Å²) in [6, 6.07) is 15.0. The van der Waals surface area contributed by atoms with Gasteiger partial charge in [-0.15, -0.1) is 0 Å². The molecule has 0 spiro atoms. The Morgan fingerprint density at radius 2 is 1.90 bits per heavy atom. The Kier molecular flexibility index (Phi) is 5.80. The van der Waals surface area contributed by atoms with Crippen LogP contribution in [0.15, 0.2) is 59.1 Å². The summed E-state index contributed by atoms with van der Waals surface area (Å²) < 4.78 is 5.73. The number of hydrogen-bond donors (Lipinski definition) is 3. The molecule has 2 aromatic carbocycles. The second-order valence-electron chi connectivity index (χ2n) is 6.96. The number of anilines is 3. The number of aliphatic hydroxyl groups is 1. The molecule has 8 heteroatoms. The summed E-state index contributed by atoms with van der Waals surface area (Å²) in [5.74, 6) is 0.542. The fourth-order valence-electron chi connectivity index (χ4n) is 3.20. The van der Waals surface area contributed by atoms with Crippen LogP contribution in [0.3, 0.4) is 0 Å². The molecule has 2 heterocycles. The summed E-state index contributed by atoms with van der Waals surface area (Å²) in [4.78, 5) is 18.3. The van der Waals surface area contributed by atoms with Crippen molar-refractivity contribution in [3.05, 3.63) is 59.8 Å². The average molecular weight is 413 g/mol. The first-order valence-corrected chi connectivity index (χ1v) is 9.72. The standard InChI is InChI=1S/C21H21ClN4O3/c22-15-3-1-14(2-4-15)19-11-23-21(29-19)25-17-7-5-16(6-8-17)24-20(28)13-26-10-9-18(27)12-26/h1-8,11,18,27H,9-10,12-13H2,(H,23,25)(H,24,28)/t18-/m0/s1. The number of oxazole rings is 1. The predicted octanol–water partition coefficient (Wildman–Crippen LogP) is 3.74. The van der Waals surface area contributed by atoms with Gasteiger partial charge in [-0.3, -0.25) is 9.69 Å². The van der Waals surface area contributed by atoms with Gasteiger partial charge in [-0.05, 0) is 55.0 Å². The van der Waals surface area contributed by atoms with Gasteiger partial charge in [0.05, 0.1) is 18.8 Å². The third-order valence-corrected chi connectivity index (χ3v) is 4.92. The van der Waals surface area contributed by atoms with Crippen LogP contribution in [0.1, 0.15) is 6.42 Å². The van der Waals surface area contributed by atoms with E-state index in [1.807, 2.05) is 41.3 Å². The molecule has 7 nitrogen and oxygen atoms in total. The van der Waals surface area contributed by atoms with E-state index in [2.05, 4.69) is 15.6 Å². The molecule has 150 valence electrons. The normalized spacial score (nSPS) is 16.7. The van der Waals surface area contributed by atoms with Crippen LogP contribution in [0.2, 0.25) is 5.02 Å². The fourth-order valence-corrected chi connectivity index (χ4v) is 3.33. The van der Waals surface area contributed by atoms with Gasteiger partial charge in [0.2, 0.25) is 5.91 Å². The van der Waals surface area contributed by atoms with Crippen LogP contribution in [-0.2, 0) is 4.79 Å². The zero-order valence-corrected chi connectivity index (χ0v) is 16.4. The highest BCUT2D eigenvalue weighted by Gasteiger charge is 2.21. The summed E-state index contributed by atoms with van der Waals surface area (Å²) in [6.07, 6.45) is 2.03. The minimum atomic E-state index is -0.330. The minimum absolute atomic E-state index is 0.0971. The first-order valence-electron chi connectivity index (χ1n) is 9.34. The van der Waals surface area contributed by atoms with E-state index in [9.17, 15) is 9.90 Å². The van der Waals surface area contributed by atoms with Gasteiger partial charge in [0.1, 0.15) is 0 Å². The number of benzene rings is 2. The first-order chi connectivity index (χ1) is 14.0. The summed E-state index contributed by atoms with van der Waals surface area (Å²) >= 11 is 5.91. The Hall–Kier alpha value is -2.87. The molecule has 1 saturated heterocycles.